The SMILES string of the molecule is CN1CN(c2ccc3c(c2)oc2ccccc23)c2cccc(C#N)c21. The summed E-state index contributed by atoms with van der Waals surface area (Å²) >= 11 is 0. The Balaban J connectivity index is 1.68. The summed E-state index contributed by atoms with van der Waals surface area (Å²) in [6.45, 7) is 0.708. The Morgan fingerprint density at radius 2 is 1.80 bits per heavy atom. The van der Waals surface area contributed by atoms with E-state index in [0.29, 0.717) is 12.2 Å². The highest BCUT2D eigenvalue weighted by Crippen LogP contribution is 2.43. The van der Waals surface area contributed by atoms with Gasteiger partial charge in [0.15, 0.2) is 0 Å². The van der Waals surface area contributed by atoms with Gasteiger partial charge in [0.2, 0.25) is 0 Å². The molecule has 0 amide bonds. The monoisotopic (exact) mass is 325 g/mol. The summed E-state index contributed by atoms with van der Waals surface area (Å²) in [6.07, 6.45) is 0. The first-order chi connectivity index (χ1) is 12.3. The molecule has 4 aromatic rings. The van der Waals surface area contributed by atoms with Gasteiger partial charge in [-0.25, -0.2) is 0 Å². The van der Waals surface area contributed by atoms with E-state index in [1.807, 2.05) is 37.4 Å². The largest absolute Gasteiger partial charge is 0.456 e. The summed E-state index contributed by atoms with van der Waals surface area (Å²) in [5, 5.41) is 11.6. The molecule has 120 valence electrons. The van der Waals surface area contributed by atoms with Crippen molar-refractivity contribution in [2.24, 2.45) is 0 Å². The van der Waals surface area contributed by atoms with Crippen LogP contribution in [0, 0.1) is 11.3 Å². The summed E-state index contributed by atoms with van der Waals surface area (Å²) in [6, 6.07) is 22.5. The number of benzene rings is 3. The fourth-order valence-corrected chi connectivity index (χ4v) is 3.70. The summed E-state index contributed by atoms with van der Waals surface area (Å²) < 4.78 is 6.02. The molecule has 0 N–H and O–H groups in total. The van der Waals surface area contributed by atoms with E-state index in [1.54, 1.807) is 0 Å². The average Bonchev–Trinajstić information content (AvgIpc) is 3.19. The van der Waals surface area contributed by atoms with Crippen molar-refractivity contribution in [3.63, 3.8) is 0 Å². The van der Waals surface area contributed by atoms with E-state index in [9.17, 15) is 5.26 Å². The van der Waals surface area contributed by atoms with E-state index in [-0.39, 0.29) is 0 Å². The maximum Gasteiger partial charge on any atom is 0.137 e. The highest BCUT2D eigenvalue weighted by atomic mass is 16.3. The molecule has 0 spiro atoms. The van der Waals surface area contributed by atoms with Crippen LogP contribution >= 0.6 is 0 Å². The van der Waals surface area contributed by atoms with Crippen LogP contribution in [0.3, 0.4) is 0 Å². The molecule has 0 bridgehead atoms. The van der Waals surface area contributed by atoms with Crippen LogP contribution in [0.1, 0.15) is 5.56 Å². The Morgan fingerprint density at radius 1 is 0.960 bits per heavy atom. The fourth-order valence-electron chi connectivity index (χ4n) is 3.70. The smallest absolute Gasteiger partial charge is 0.137 e. The molecule has 2 heterocycles. The van der Waals surface area contributed by atoms with Gasteiger partial charge in [-0.15, -0.1) is 0 Å². The van der Waals surface area contributed by atoms with Gasteiger partial charge in [0.25, 0.3) is 0 Å². The molecule has 0 radical (unpaired) electrons. The minimum absolute atomic E-state index is 0.701. The van der Waals surface area contributed by atoms with Crippen molar-refractivity contribution in [3.8, 4) is 6.07 Å². The normalized spacial score (nSPS) is 13.4. The minimum Gasteiger partial charge on any atom is -0.456 e. The number of anilines is 3. The van der Waals surface area contributed by atoms with Crippen LogP contribution in [0.5, 0.6) is 0 Å². The molecule has 0 unspecified atom stereocenters. The zero-order chi connectivity index (χ0) is 17.0. The third-order valence-electron chi connectivity index (χ3n) is 4.84. The van der Waals surface area contributed by atoms with E-state index in [4.69, 9.17) is 4.42 Å². The zero-order valence-corrected chi connectivity index (χ0v) is 13.7. The van der Waals surface area contributed by atoms with Crippen molar-refractivity contribution in [2.45, 2.75) is 0 Å². The molecular weight excluding hydrogens is 310 g/mol. The third kappa shape index (κ3) is 1.93. The third-order valence-corrected chi connectivity index (χ3v) is 4.84. The number of fused-ring (bicyclic) bond motifs is 4. The van der Waals surface area contributed by atoms with Crippen molar-refractivity contribution in [2.75, 3.05) is 23.5 Å². The maximum atomic E-state index is 9.39. The lowest BCUT2D eigenvalue weighted by Crippen LogP contribution is -2.24. The Bertz CT molecular complexity index is 1170. The molecule has 1 aromatic heterocycles. The van der Waals surface area contributed by atoms with Crippen molar-refractivity contribution in [1.82, 2.24) is 0 Å². The van der Waals surface area contributed by atoms with E-state index in [1.165, 1.54) is 0 Å². The molecule has 0 saturated heterocycles. The molecule has 4 nitrogen and oxygen atoms in total. The molecule has 3 aromatic carbocycles. The standard InChI is InChI=1S/C21H15N3O/c1-23-13-24(18-7-4-5-14(12-22)21(18)23)15-9-10-17-16-6-2-3-8-19(16)25-20(17)11-15/h2-11H,13H2,1H3. The van der Waals surface area contributed by atoms with Gasteiger partial charge in [0.05, 0.1) is 23.6 Å². The lowest BCUT2D eigenvalue weighted by molar-refractivity contribution is 0.669. The molecule has 1 aliphatic rings. The summed E-state index contributed by atoms with van der Waals surface area (Å²) in [5.74, 6) is 0. The molecule has 4 heteroatoms. The molecule has 1 aliphatic heterocycles. The maximum absolute atomic E-state index is 9.39. The van der Waals surface area contributed by atoms with Crippen molar-refractivity contribution in [1.29, 1.82) is 5.26 Å². The zero-order valence-electron chi connectivity index (χ0n) is 13.7. The lowest BCUT2D eigenvalue weighted by atomic mass is 10.1. The average molecular weight is 325 g/mol. The van der Waals surface area contributed by atoms with Gasteiger partial charge >= 0.3 is 0 Å². The molecule has 0 aliphatic carbocycles. The van der Waals surface area contributed by atoms with Gasteiger partial charge in [-0.2, -0.15) is 5.26 Å². The minimum atomic E-state index is 0.701. The molecule has 5 rings (SSSR count). The fraction of sp³-hybridized carbons (Fsp3) is 0.0952. The molecule has 0 saturated carbocycles. The highest BCUT2D eigenvalue weighted by Gasteiger charge is 2.27. The predicted molar refractivity (Wildman–Crippen MR) is 100 cm³/mol. The molecule has 0 fully saturated rings. The Hall–Kier alpha value is -3.45. The molecule has 0 atom stereocenters. The second-order valence-electron chi connectivity index (χ2n) is 6.33. The summed E-state index contributed by atoms with van der Waals surface area (Å²) in [5.41, 5.74) is 5.58. The summed E-state index contributed by atoms with van der Waals surface area (Å²) in [7, 11) is 2.01. The first-order valence-corrected chi connectivity index (χ1v) is 8.19. The Morgan fingerprint density at radius 3 is 2.68 bits per heavy atom. The first-order valence-electron chi connectivity index (χ1n) is 8.19. The van der Waals surface area contributed by atoms with E-state index in [2.05, 4.69) is 46.2 Å². The van der Waals surface area contributed by atoms with Gasteiger partial charge in [-0.3, -0.25) is 0 Å². The van der Waals surface area contributed by atoms with Crippen molar-refractivity contribution in [3.05, 3.63) is 66.2 Å². The summed E-state index contributed by atoms with van der Waals surface area (Å²) in [4.78, 5) is 4.32. The topological polar surface area (TPSA) is 43.4 Å². The van der Waals surface area contributed by atoms with Gasteiger partial charge in [-0.1, -0.05) is 24.3 Å². The van der Waals surface area contributed by atoms with Crippen LogP contribution in [0.25, 0.3) is 21.9 Å². The van der Waals surface area contributed by atoms with Crippen LogP contribution < -0.4 is 9.80 Å². The number of nitriles is 1. The number of hydrogen-bond acceptors (Lipinski definition) is 4. The quantitative estimate of drug-likeness (QED) is 0.494. The molecular formula is C21H15N3O. The first kappa shape index (κ1) is 13.9. The second-order valence-corrected chi connectivity index (χ2v) is 6.33. The predicted octanol–water partition coefficient (Wildman–Crippen LogP) is 5.00. The van der Waals surface area contributed by atoms with Gasteiger partial charge in [0.1, 0.15) is 17.2 Å². The highest BCUT2D eigenvalue weighted by molar-refractivity contribution is 6.06. The van der Waals surface area contributed by atoms with Gasteiger partial charge < -0.3 is 14.2 Å². The second kappa shape index (κ2) is 5.02. The van der Waals surface area contributed by atoms with Crippen molar-refractivity contribution >= 4 is 39.0 Å². The van der Waals surface area contributed by atoms with Crippen LogP contribution in [-0.2, 0) is 0 Å². The Kier molecular flexibility index (Phi) is 2.80. The number of furan rings is 1. The number of rotatable bonds is 1. The van der Waals surface area contributed by atoms with Crippen molar-refractivity contribution < 1.29 is 4.42 Å². The lowest BCUT2D eigenvalue weighted by Gasteiger charge is -2.19. The van der Waals surface area contributed by atoms with Crippen LogP contribution in [0.15, 0.2) is 65.1 Å². The van der Waals surface area contributed by atoms with Crippen LogP contribution in [-0.4, -0.2) is 13.7 Å². The van der Waals surface area contributed by atoms with Crippen LogP contribution in [0.2, 0.25) is 0 Å². The van der Waals surface area contributed by atoms with E-state index in [0.717, 1.165) is 39.0 Å². The number of hydrogen-bond donors (Lipinski definition) is 0. The number of nitrogens with zero attached hydrogens (tertiary/aromatic N) is 3. The van der Waals surface area contributed by atoms with E-state index < -0.39 is 0 Å². The van der Waals surface area contributed by atoms with E-state index >= 15 is 0 Å². The van der Waals surface area contributed by atoms with Gasteiger partial charge in [0, 0.05) is 29.6 Å². The van der Waals surface area contributed by atoms with Gasteiger partial charge in [-0.05, 0) is 30.3 Å². The van der Waals surface area contributed by atoms with Crippen LogP contribution in [0.4, 0.5) is 17.1 Å². The Labute approximate surface area is 145 Å². The number of para-hydroxylation sites is 2. The molecule has 25 heavy (non-hydrogen) atoms.